The Kier molecular flexibility index (Phi) is 5.45. The number of carbonyl (C=O) groups excluding carboxylic acids is 1. The maximum Gasteiger partial charge on any atom is 0.225 e. The number of anilines is 2. The smallest absolute Gasteiger partial charge is 0.225 e. The van der Waals surface area contributed by atoms with Gasteiger partial charge in [0.05, 0.1) is 5.39 Å². The highest BCUT2D eigenvalue weighted by molar-refractivity contribution is 7.16. The van der Waals surface area contributed by atoms with E-state index in [1.165, 1.54) is 6.07 Å². The lowest BCUT2D eigenvalue weighted by atomic mass is 10.2. The van der Waals surface area contributed by atoms with E-state index in [2.05, 4.69) is 25.1 Å². The van der Waals surface area contributed by atoms with Crippen molar-refractivity contribution in [2.45, 2.75) is 6.42 Å². The van der Waals surface area contributed by atoms with Gasteiger partial charge in [0.15, 0.2) is 11.6 Å². The Morgan fingerprint density at radius 3 is 2.71 bits per heavy atom. The highest BCUT2D eigenvalue weighted by atomic mass is 32.1. The van der Waals surface area contributed by atoms with Crippen LogP contribution in [0.15, 0.2) is 36.0 Å². The summed E-state index contributed by atoms with van der Waals surface area (Å²) < 4.78 is 26.2. The van der Waals surface area contributed by atoms with Gasteiger partial charge in [-0.3, -0.25) is 9.69 Å². The molecule has 9 heteroatoms. The molecular weight excluding hydrogens is 384 g/mol. The number of benzene rings is 1. The molecule has 1 N–H and O–H groups in total. The molecule has 28 heavy (non-hydrogen) atoms. The first-order valence-electron chi connectivity index (χ1n) is 9.00. The lowest BCUT2D eigenvalue weighted by molar-refractivity contribution is -0.116. The molecule has 146 valence electrons. The molecule has 2 aromatic heterocycles. The van der Waals surface area contributed by atoms with Crippen LogP contribution in [0, 0.1) is 11.6 Å². The molecule has 1 fully saturated rings. The van der Waals surface area contributed by atoms with Crippen molar-refractivity contribution in [3.05, 3.63) is 47.6 Å². The number of hydrogen-bond acceptors (Lipinski definition) is 6. The Morgan fingerprint density at radius 1 is 1.11 bits per heavy atom. The van der Waals surface area contributed by atoms with Gasteiger partial charge in [-0.05, 0) is 23.6 Å². The fourth-order valence-electron chi connectivity index (χ4n) is 3.27. The maximum absolute atomic E-state index is 13.2. The summed E-state index contributed by atoms with van der Waals surface area (Å²) in [5.74, 6) is -1.16. The van der Waals surface area contributed by atoms with Crippen molar-refractivity contribution in [1.29, 1.82) is 0 Å². The summed E-state index contributed by atoms with van der Waals surface area (Å²) in [4.78, 5) is 26.3. The van der Waals surface area contributed by atoms with Crippen LogP contribution in [0.4, 0.5) is 20.3 Å². The van der Waals surface area contributed by atoms with E-state index in [0.717, 1.165) is 54.3 Å². The second-order valence-electron chi connectivity index (χ2n) is 6.59. The number of amides is 1. The topological polar surface area (TPSA) is 61.4 Å². The SMILES string of the molecule is O=C(CCN1CCN(c2ncnc3sccc23)CC1)Nc1ccc(F)c(F)c1. The second kappa shape index (κ2) is 8.15. The molecule has 4 rings (SSSR count). The lowest BCUT2D eigenvalue weighted by Gasteiger charge is -2.35. The third-order valence-corrected chi connectivity index (χ3v) is 5.59. The molecule has 1 aromatic carbocycles. The molecular formula is C19H19F2N5OS. The Morgan fingerprint density at radius 2 is 1.93 bits per heavy atom. The van der Waals surface area contributed by atoms with Crippen LogP contribution in [-0.2, 0) is 4.79 Å². The summed E-state index contributed by atoms with van der Waals surface area (Å²) in [6, 6.07) is 5.38. The number of fused-ring (bicyclic) bond motifs is 1. The maximum atomic E-state index is 13.2. The van der Waals surface area contributed by atoms with Gasteiger partial charge in [0.1, 0.15) is 17.0 Å². The van der Waals surface area contributed by atoms with E-state index in [9.17, 15) is 13.6 Å². The first-order chi connectivity index (χ1) is 13.6. The molecule has 1 saturated heterocycles. The molecule has 0 saturated carbocycles. The number of nitrogens with one attached hydrogen (secondary N) is 1. The standard InChI is InChI=1S/C19H19F2N5OS/c20-15-2-1-13(11-16(15)21)24-17(27)3-5-25-6-8-26(9-7-25)18-14-4-10-28-19(14)23-12-22-18/h1-2,4,10-12H,3,5-9H2,(H,24,27). The summed E-state index contributed by atoms with van der Waals surface area (Å²) >= 11 is 1.60. The second-order valence-corrected chi connectivity index (χ2v) is 7.49. The molecule has 0 spiro atoms. The van der Waals surface area contributed by atoms with Gasteiger partial charge in [-0.1, -0.05) is 0 Å². The molecule has 6 nitrogen and oxygen atoms in total. The van der Waals surface area contributed by atoms with E-state index in [1.54, 1.807) is 17.7 Å². The summed E-state index contributed by atoms with van der Waals surface area (Å²) in [5.41, 5.74) is 0.261. The summed E-state index contributed by atoms with van der Waals surface area (Å²) in [6.07, 6.45) is 1.89. The van der Waals surface area contributed by atoms with Gasteiger partial charge in [-0.15, -0.1) is 11.3 Å². The summed E-state index contributed by atoms with van der Waals surface area (Å²) in [5, 5.41) is 5.70. The zero-order chi connectivity index (χ0) is 19.5. The molecule has 3 heterocycles. The minimum atomic E-state index is -0.974. The van der Waals surface area contributed by atoms with Crippen LogP contribution in [0.3, 0.4) is 0 Å². The summed E-state index contributed by atoms with van der Waals surface area (Å²) in [7, 11) is 0. The van der Waals surface area contributed by atoms with Crippen LogP contribution < -0.4 is 10.2 Å². The van der Waals surface area contributed by atoms with Crippen molar-refractivity contribution in [1.82, 2.24) is 14.9 Å². The molecule has 0 bridgehead atoms. The van der Waals surface area contributed by atoms with Gasteiger partial charge in [-0.2, -0.15) is 0 Å². The van der Waals surface area contributed by atoms with Crippen LogP contribution in [0.2, 0.25) is 0 Å². The van der Waals surface area contributed by atoms with Crippen molar-refractivity contribution in [3.63, 3.8) is 0 Å². The molecule has 1 amide bonds. The predicted molar refractivity (Wildman–Crippen MR) is 106 cm³/mol. The quantitative estimate of drug-likeness (QED) is 0.709. The van der Waals surface area contributed by atoms with Gasteiger partial charge < -0.3 is 10.2 Å². The van der Waals surface area contributed by atoms with Crippen LogP contribution >= 0.6 is 11.3 Å². The van der Waals surface area contributed by atoms with E-state index in [0.29, 0.717) is 13.0 Å². The van der Waals surface area contributed by atoms with E-state index in [1.807, 2.05) is 11.4 Å². The van der Waals surface area contributed by atoms with Crippen LogP contribution in [-0.4, -0.2) is 53.5 Å². The Bertz CT molecular complexity index is 987. The predicted octanol–water partition coefficient (Wildman–Crippen LogP) is 3.12. The fraction of sp³-hybridized carbons (Fsp3) is 0.316. The fourth-order valence-corrected chi connectivity index (χ4v) is 4.00. The van der Waals surface area contributed by atoms with Crippen molar-refractivity contribution >= 4 is 39.0 Å². The van der Waals surface area contributed by atoms with Gasteiger partial charge >= 0.3 is 0 Å². The van der Waals surface area contributed by atoms with E-state index < -0.39 is 11.6 Å². The number of nitrogens with zero attached hydrogens (tertiary/aromatic N) is 4. The van der Waals surface area contributed by atoms with Crippen molar-refractivity contribution < 1.29 is 13.6 Å². The van der Waals surface area contributed by atoms with Crippen LogP contribution in [0.1, 0.15) is 6.42 Å². The third-order valence-electron chi connectivity index (χ3n) is 4.77. The molecule has 0 unspecified atom stereocenters. The number of carbonyl (C=O) groups is 1. The molecule has 1 aliphatic rings. The molecule has 0 atom stereocenters. The van der Waals surface area contributed by atoms with Gasteiger partial charge in [0.2, 0.25) is 5.91 Å². The zero-order valence-corrected chi connectivity index (χ0v) is 15.9. The normalized spacial score (nSPS) is 15.1. The van der Waals surface area contributed by atoms with E-state index in [4.69, 9.17) is 0 Å². The number of hydrogen-bond donors (Lipinski definition) is 1. The Labute approximate surface area is 164 Å². The Hall–Kier alpha value is -2.65. The molecule has 0 radical (unpaired) electrons. The highest BCUT2D eigenvalue weighted by Gasteiger charge is 2.20. The monoisotopic (exact) mass is 403 g/mol. The third kappa shape index (κ3) is 4.10. The van der Waals surface area contributed by atoms with Crippen LogP contribution in [0.5, 0.6) is 0 Å². The minimum absolute atomic E-state index is 0.218. The first kappa shape index (κ1) is 18.7. The number of halogens is 2. The van der Waals surface area contributed by atoms with Crippen molar-refractivity contribution in [3.8, 4) is 0 Å². The van der Waals surface area contributed by atoms with E-state index in [-0.39, 0.29) is 11.6 Å². The molecule has 1 aliphatic heterocycles. The highest BCUT2D eigenvalue weighted by Crippen LogP contribution is 2.27. The Balaban J connectivity index is 1.27. The zero-order valence-electron chi connectivity index (χ0n) is 15.1. The van der Waals surface area contributed by atoms with E-state index >= 15 is 0 Å². The van der Waals surface area contributed by atoms with Gasteiger partial charge in [0, 0.05) is 50.9 Å². The average molecular weight is 403 g/mol. The summed E-state index contributed by atoms with van der Waals surface area (Å²) in [6.45, 7) is 3.92. The number of aromatic nitrogens is 2. The van der Waals surface area contributed by atoms with Crippen LogP contribution in [0.25, 0.3) is 10.2 Å². The largest absolute Gasteiger partial charge is 0.353 e. The molecule has 3 aromatic rings. The minimum Gasteiger partial charge on any atom is -0.353 e. The first-order valence-corrected chi connectivity index (χ1v) is 9.88. The van der Waals surface area contributed by atoms with Crippen molar-refractivity contribution in [2.75, 3.05) is 42.9 Å². The van der Waals surface area contributed by atoms with Gasteiger partial charge in [0.25, 0.3) is 0 Å². The molecule has 0 aliphatic carbocycles. The number of thiophene rings is 1. The van der Waals surface area contributed by atoms with Crippen molar-refractivity contribution in [2.24, 2.45) is 0 Å². The number of rotatable bonds is 5. The average Bonchev–Trinajstić information content (AvgIpc) is 3.19. The van der Waals surface area contributed by atoms with Gasteiger partial charge in [-0.25, -0.2) is 18.7 Å². The number of piperazine rings is 1. The lowest BCUT2D eigenvalue weighted by Crippen LogP contribution is -2.47.